The van der Waals surface area contributed by atoms with Gasteiger partial charge in [-0.15, -0.1) is 11.3 Å². The molecule has 0 aliphatic carbocycles. The van der Waals surface area contributed by atoms with Gasteiger partial charge in [-0.1, -0.05) is 0 Å². The SMILES string of the molecule is Cc1ccsc1C(=O)NCC1CNCCO1. The summed E-state index contributed by atoms with van der Waals surface area (Å²) in [4.78, 5) is 12.6. The van der Waals surface area contributed by atoms with E-state index < -0.39 is 0 Å². The van der Waals surface area contributed by atoms with Gasteiger partial charge in [0.25, 0.3) is 5.91 Å². The molecule has 16 heavy (non-hydrogen) atoms. The van der Waals surface area contributed by atoms with E-state index in [9.17, 15) is 4.79 Å². The molecule has 4 nitrogen and oxygen atoms in total. The molecule has 1 aliphatic rings. The summed E-state index contributed by atoms with van der Waals surface area (Å²) in [5.41, 5.74) is 1.03. The average Bonchev–Trinajstić information content (AvgIpc) is 2.74. The van der Waals surface area contributed by atoms with Gasteiger partial charge >= 0.3 is 0 Å². The number of rotatable bonds is 3. The molecule has 1 saturated heterocycles. The minimum Gasteiger partial charge on any atom is -0.374 e. The van der Waals surface area contributed by atoms with Crippen molar-refractivity contribution in [3.8, 4) is 0 Å². The molecule has 0 radical (unpaired) electrons. The van der Waals surface area contributed by atoms with E-state index in [1.807, 2.05) is 18.4 Å². The number of morpholine rings is 1. The van der Waals surface area contributed by atoms with Gasteiger partial charge in [-0.2, -0.15) is 0 Å². The molecule has 1 fully saturated rings. The van der Waals surface area contributed by atoms with Gasteiger partial charge in [-0.3, -0.25) is 4.79 Å². The molecule has 0 spiro atoms. The van der Waals surface area contributed by atoms with Crippen LogP contribution in [-0.4, -0.2) is 38.3 Å². The second-order valence-corrected chi connectivity index (χ2v) is 4.76. The summed E-state index contributed by atoms with van der Waals surface area (Å²) >= 11 is 1.48. The highest BCUT2D eigenvalue weighted by Gasteiger charge is 2.16. The van der Waals surface area contributed by atoms with E-state index >= 15 is 0 Å². The van der Waals surface area contributed by atoms with Gasteiger partial charge in [0.05, 0.1) is 17.6 Å². The number of carbonyl (C=O) groups is 1. The summed E-state index contributed by atoms with van der Waals surface area (Å²) in [5.74, 6) is 0.00155. The monoisotopic (exact) mass is 240 g/mol. The molecule has 1 unspecified atom stereocenters. The summed E-state index contributed by atoms with van der Waals surface area (Å²) < 4.78 is 5.50. The minimum absolute atomic E-state index is 0.00155. The van der Waals surface area contributed by atoms with E-state index in [0.717, 1.165) is 30.1 Å². The lowest BCUT2D eigenvalue weighted by atomic mass is 10.2. The van der Waals surface area contributed by atoms with Crippen molar-refractivity contribution in [1.29, 1.82) is 0 Å². The van der Waals surface area contributed by atoms with Gasteiger partial charge in [0.15, 0.2) is 0 Å². The summed E-state index contributed by atoms with van der Waals surface area (Å²) in [7, 11) is 0. The number of carbonyl (C=O) groups excluding carboxylic acids is 1. The van der Waals surface area contributed by atoms with Gasteiger partial charge in [0, 0.05) is 19.6 Å². The van der Waals surface area contributed by atoms with E-state index in [1.165, 1.54) is 11.3 Å². The van der Waals surface area contributed by atoms with Crippen LogP contribution in [0.3, 0.4) is 0 Å². The molecule has 2 heterocycles. The van der Waals surface area contributed by atoms with Crippen LogP contribution >= 0.6 is 11.3 Å². The molecule has 2 N–H and O–H groups in total. The number of thiophene rings is 1. The van der Waals surface area contributed by atoms with Crippen LogP contribution in [0, 0.1) is 6.92 Å². The predicted octanol–water partition coefficient (Wildman–Crippen LogP) is 0.775. The minimum atomic E-state index is 0.00155. The molecule has 2 rings (SSSR count). The molecule has 1 aromatic rings. The molecule has 1 atom stereocenters. The Labute approximate surface area is 99.0 Å². The van der Waals surface area contributed by atoms with Crippen LogP contribution in [0.4, 0.5) is 0 Å². The van der Waals surface area contributed by atoms with Crippen molar-refractivity contribution in [1.82, 2.24) is 10.6 Å². The number of hydrogen-bond acceptors (Lipinski definition) is 4. The number of aryl methyl sites for hydroxylation is 1. The molecule has 1 aliphatic heterocycles. The smallest absolute Gasteiger partial charge is 0.261 e. The summed E-state index contributed by atoms with van der Waals surface area (Å²) in [6.07, 6.45) is 0.0953. The van der Waals surface area contributed by atoms with Crippen LogP contribution in [0.15, 0.2) is 11.4 Å². The first-order valence-corrected chi connectivity index (χ1v) is 6.30. The van der Waals surface area contributed by atoms with Crippen molar-refractivity contribution in [2.45, 2.75) is 13.0 Å². The molecular weight excluding hydrogens is 224 g/mol. The van der Waals surface area contributed by atoms with Crippen molar-refractivity contribution < 1.29 is 9.53 Å². The highest BCUT2D eigenvalue weighted by atomic mass is 32.1. The third-order valence-electron chi connectivity index (χ3n) is 2.56. The molecule has 1 aromatic heterocycles. The van der Waals surface area contributed by atoms with Crippen molar-refractivity contribution in [3.05, 3.63) is 21.9 Å². The highest BCUT2D eigenvalue weighted by molar-refractivity contribution is 7.12. The highest BCUT2D eigenvalue weighted by Crippen LogP contribution is 2.14. The Morgan fingerprint density at radius 1 is 1.75 bits per heavy atom. The Bertz CT molecular complexity index is 359. The molecule has 0 aromatic carbocycles. The molecular formula is C11H16N2O2S. The summed E-state index contributed by atoms with van der Waals surface area (Å²) in [5, 5.41) is 8.07. The second-order valence-electron chi connectivity index (χ2n) is 3.84. The quantitative estimate of drug-likeness (QED) is 0.820. The summed E-state index contributed by atoms with van der Waals surface area (Å²) in [6.45, 7) is 4.95. The van der Waals surface area contributed by atoms with E-state index in [4.69, 9.17) is 4.74 Å². The maximum absolute atomic E-state index is 11.8. The zero-order chi connectivity index (χ0) is 11.4. The first-order chi connectivity index (χ1) is 7.77. The molecule has 1 amide bonds. The topological polar surface area (TPSA) is 50.4 Å². The van der Waals surface area contributed by atoms with E-state index in [0.29, 0.717) is 6.54 Å². The number of nitrogens with one attached hydrogen (secondary N) is 2. The zero-order valence-corrected chi connectivity index (χ0v) is 10.1. The molecule has 0 bridgehead atoms. The van der Waals surface area contributed by atoms with E-state index in [1.54, 1.807) is 0 Å². The van der Waals surface area contributed by atoms with Crippen LogP contribution in [0.5, 0.6) is 0 Å². The third-order valence-corrected chi connectivity index (χ3v) is 3.58. The van der Waals surface area contributed by atoms with Crippen LogP contribution in [0.2, 0.25) is 0 Å². The predicted molar refractivity (Wildman–Crippen MR) is 64.0 cm³/mol. The Balaban J connectivity index is 1.81. The van der Waals surface area contributed by atoms with Crippen molar-refractivity contribution in [2.24, 2.45) is 0 Å². The fourth-order valence-electron chi connectivity index (χ4n) is 1.64. The van der Waals surface area contributed by atoms with Gasteiger partial charge in [0.2, 0.25) is 0 Å². The Morgan fingerprint density at radius 3 is 3.25 bits per heavy atom. The second kappa shape index (κ2) is 5.43. The van der Waals surface area contributed by atoms with Crippen LogP contribution in [-0.2, 0) is 4.74 Å². The normalized spacial score (nSPS) is 20.7. The van der Waals surface area contributed by atoms with Crippen molar-refractivity contribution in [3.63, 3.8) is 0 Å². The van der Waals surface area contributed by atoms with Crippen LogP contribution < -0.4 is 10.6 Å². The van der Waals surface area contributed by atoms with E-state index in [-0.39, 0.29) is 12.0 Å². The Kier molecular flexibility index (Phi) is 3.93. The fourth-order valence-corrected chi connectivity index (χ4v) is 2.48. The van der Waals surface area contributed by atoms with E-state index in [2.05, 4.69) is 10.6 Å². The maximum Gasteiger partial charge on any atom is 0.261 e. The first kappa shape index (κ1) is 11.6. The molecule has 88 valence electrons. The zero-order valence-electron chi connectivity index (χ0n) is 9.29. The maximum atomic E-state index is 11.8. The van der Waals surface area contributed by atoms with Gasteiger partial charge in [-0.25, -0.2) is 0 Å². The lowest BCUT2D eigenvalue weighted by Gasteiger charge is -2.23. The van der Waals surface area contributed by atoms with Crippen molar-refractivity contribution in [2.75, 3.05) is 26.2 Å². The fraction of sp³-hybridized carbons (Fsp3) is 0.545. The van der Waals surface area contributed by atoms with Gasteiger partial charge in [-0.05, 0) is 23.9 Å². The summed E-state index contributed by atoms with van der Waals surface area (Å²) in [6, 6.07) is 1.96. The number of hydrogen-bond donors (Lipinski definition) is 2. The van der Waals surface area contributed by atoms with Crippen molar-refractivity contribution >= 4 is 17.2 Å². The van der Waals surface area contributed by atoms with Gasteiger partial charge < -0.3 is 15.4 Å². The van der Waals surface area contributed by atoms with Crippen LogP contribution in [0.1, 0.15) is 15.2 Å². The average molecular weight is 240 g/mol. The first-order valence-electron chi connectivity index (χ1n) is 5.42. The lowest BCUT2D eigenvalue weighted by Crippen LogP contribution is -2.45. The Hall–Kier alpha value is -0.910. The van der Waals surface area contributed by atoms with Gasteiger partial charge in [0.1, 0.15) is 0 Å². The third kappa shape index (κ3) is 2.81. The van der Waals surface area contributed by atoms with Crippen LogP contribution in [0.25, 0.3) is 0 Å². The molecule has 0 saturated carbocycles. The molecule has 5 heteroatoms. The number of ether oxygens (including phenoxy) is 1. The lowest BCUT2D eigenvalue weighted by molar-refractivity contribution is 0.0287. The number of amides is 1. The Morgan fingerprint density at radius 2 is 2.62 bits per heavy atom. The standard InChI is InChI=1S/C11H16N2O2S/c1-8-2-5-16-10(8)11(14)13-7-9-6-12-3-4-15-9/h2,5,9,12H,3-4,6-7H2,1H3,(H,13,14). The largest absolute Gasteiger partial charge is 0.374 e.